The Morgan fingerprint density at radius 3 is 2.50 bits per heavy atom. The van der Waals surface area contributed by atoms with Crippen LogP contribution in [0.4, 0.5) is 4.39 Å². The molecule has 0 aliphatic heterocycles. The Morgan fingerprint density at radius 1 is 0.917 bits per heavy atom. The molecule has 0 aliphatic carbocycles. The molecule has 0 radical (unpaired) electrons. The molecule has 1 aromatic heterocycles. The summed E-state index contributed by atoms with van der Waals surface area (Å²) >= 11 is 0. The van der Waals surface area contributed by atoms with Crippen molar-refractivity contribution in [3.63, 3.8) is 0 Å². The van der Waals surface area contributed by atoms with Crippen molar-refractivity contribution in [1.29, 1.82) is 0 Å². The van der Waals surface area contributed by atoms with Crippen molar-refractivity contribution in [2.24, 2.45) is 0 Å². The number of carbonyl (C=O) groups is 1. The minimum atomic E-state index is -0.371. The van der Waals surface area contributed by atoms with E-state index in [0.29, 0.717) is 11.3 Å². The molecule has 0 atom stereocenters. The van der Waals surface area contributed by atoms with E-state index < -0.39 is 0 Å². The lowest BCUT2D eigenvalue weighted by atomic mass is 10.1. The van der Waals surface area contributed by atoms with Gasteiger partial charge in [-0.3, -0.25) is 4.79 Å². The number of rotatable bonds is 4. The van der Waals surface area contributed by atoms with Gasteiger partial charge in [-0.05, 0) is 48.5 Å². The number of hydrogen-bond acceptors (Lipinski definition) is 3. The van der Waals surface area contributed by atoms with Crippen molar-refractivity contribution in [1.82, 2.24) is 0 Å². The van der Waals surface area contributed by atoms with E-state index >= 15 is 0 Å². The molecule has 0 bridgehead atoms. The van der Waals surface area contributed by atoms with Crippen LogP contribution < -0.4 is 4.74 Å². The minimum absolute atomic E-state index is 0.104. The van der Waals surface area contributed by atoms with Gasteiger partial charge in [0.25, 0.3) is 0 Å². The number of furan rings is 1. The van der Waals surface area contributed by atoms with Crippen molar-refractivity contribution < 1.29 is 18.3 Å². The van der Waals surface area contributed by atoms with Crippen LogP contribution in [0.3, 0.4) is 0 Å². The third-order valence-electron chi connectivity index (χ3n) is 3.88. The van der Waals surface area contributed by atoms with Gasteiger partial charge in [0, 0.05) is 16.3 Å². The van der Waals surface area contributed by atoms with Gasteiger partial charge in [0.15, 0.2) is 12.4 Å². The summed E-state index contributed by atoms with van der Waals surface area (Å²) in [6.07, 6.45) is 0. The average Bonchev–Trinajstić information content (AvgIpc) is 2.98. The maximum Gasteiger partial charge on any atom is 0.200 e. The van der Waals surface area contributed by atoms with Crippen LogP contribution >= 0.6 is 0 Å². The lowest BCUT2D eigenvalue weighted by Crippen LogP contribution is -2.11. The molecule has 0 unspecified atom stereocenters. The van der Waals surface area contributed by atoms with Crippen molar-refractivity contribution in [2.75, 3.05) is 6.61 Å². The third kappa shape index (κ3) is 2.63. The smallest absolute Gasteiger partial charge is 0.200 e. The van der Waals surface area contributed by atoms with Gasteiger partial charge < -0.3 is 9.15 Å². The molecule has 0 aliphatic rings. The molecule has 4 rings (SSSR count). The quantitative estimate of drug-likeness (QED) is 0.497. The highest BCUT2D eigenvalue weighted by Gasteiger charge is 2.10. The zero-order valence-electron chi connectivity index (χ0n) is 12.7. The first kappa shape index (κ1) is 14.5. The lowest BCUT2D eigenvalue weighted by Gasteiger charge is -2.05. The largest absolute Gasteiger partial charge is 0.485 e. The van der Waals surface area contributed by atoms with Crippen molar-refractivity contribution in [3.05, 3.63) is 78.1 Å². The van der Waals surface area contributed by atoms with E-state index in [4.69, 9.17) is 9.15 Å². The molecule has 3 nitrogen and oxygen atoms in total. The number of ether oxygens (including phenoxy) is 1. The molecule has 4 heteroatoms. The second kappa shape index (κ2) is 5.81. The van der Waals surface area contributed by atoms with Crippen molar-refractivity contribution in [3.8, 4) is 5.75 Å². The highest BCUT2D eigenvalue weighted by molar-refractivity contribution is 6.05. The molecule has 0 N–H and O–H groups in total. The Hall–Kier alpha value is -3.14. The number of Topliss-reactive ketones (excluding diaryl/α,β-unsaturated/α-hetero) is 1. The maximum atomic E-state index is 12.9. The van der Waals surface area contributed by atoms with Gasteiger partial charge in [-0.25, -0.2) is 4.39 Å². The van der Waals surface area contributed by atoms with Crippen LogP contribution in [0.25, 0.3) is 21.9 Å². The number of halogens is 1. The SMILES string of the molecule is O=C(COc1ccc2oc3ccccc3c2c1)c1ccc(F)cc1. The van der Waals surface area contributed by atoms with Crippen LogP contribution in [-0.2, 0) is 0 Å². The normalized spacial score (nSPS) is 11.0. The van der Waals surface area contributed by atoms with Crippen LogP contribution in [0.5, 0.6) is 5.75 Å². The van der Waals surface area contributed by atoms with Crippen molar-refractivity contribution in [2.45, 2.75) is 0 Å². The Morgan fingerprint density at radius 2 is 1.67 bits per heavy atom. The number of fused-ring (bicyclic) bond motifs is 3. The number of benzene rings is 3. The first-order valence-electron chi connectivity index (χ1n) is 7.53. The van der Waals surface area contributed by atoms with Gasteiger partial charge in [0.05, 0.1) is 0 Å². The second-order valence-corrected chi connectivity index (χ2v) is 5.47. The summed E-state index contributed by atoms with van der Waals surface area (Å²) in [6.45, 7) is -0.104. The van der Waals surface area contributed by atoms with Crippen LogP contribution in [-0.4, -0.2) is 12.4 Å². The molecule has 1 heterocycles. The minimum Gasteiger partial charge on any atom is -0.485 e. The number of ketones is 1. The summed E-state index contributed by atoms with van der Waals surface area (Å²) in [5, 5.41) is 1.94. The Bertz CT molecular complexity index is 1030. The van der Waals surface area contributed by atoms with Gasteiger partial charge in [-0.1, -0.05) is 18.2 Å². The fraction of sp³-hybridized carbons (Fsp3) is 0.0500. The van der Waals surface area contributed by atoms with Gasteiger partial charge >= 0.3 is 0 Å². The number of carbonyl (C=O) groups excluding carboxylic acids is 1. The van der Waals surface area contributed by atoms with Gasteiger partial charge in [0.2, 0.25) is 0 Å². The Kier molecular flexibility index (Phi) is 3.50. The van der Waals surface area contributed by atoms with E-state index in [-0.39, 0.29) is 18.2 Å². The standard InChI is InChI=1S/C20H13FO3/c21-14-7-5-13(6-8-14)18(22)12-23-15-9-10-20-17(11-15)16-3-1-2-4-19(16)24-20/h1-11H,12H2. The van der Waals surface area contributed by atoms with E-state index in [0.717, 1.165) is 21.9 Å². The summed E-state index contributed by atoms with van der Waals surface area (Å²) in [6, 6.07) is 18.6. The van der Waals surface area contributed by atoms with E-state index in [1.54, 1.807) is 6.07 Å². The van der Waals surface area contributed by atoms with Gasteiger partial charge in [-0.2, -0.15) is 0 Å². The Balaban J connectivity index is 1.57. The molecule has 4 aromatic rings. The number of para-hydroxylation sites is 1. The first-order valence-corrected chi connectivity index (χ1v) is 7.53. The van der Waals surface area contributed by atoms with Gasteiger partial charge in [0.1, 0.15) is 22.7 Å². The first-order chi connectivity index (χ1) is 11.7. The summed E-state index contributed by atoms with van der Waals surface area (Å²) in [7, 11) is 0. The highest BCUT2D eigenvalue weighted by atomic mass is 19.1. The van der Waals surface area contributed by atoms with Crippen LogP contribution in [0, 0.1) is 5.82 Å². The fourth-order valence-electron chi connectivity index (χ4n) is 2.66. The monoisotopic (exact) mass is 320 g/mol. The summed E-state index contributed by atoms with van der Waals surface area (Å²) in [5.41, 5.74) is 2.01. The third-order valence-corrected chi connectivity index (χ3v) is 3.88. The molecule has 24 heavy (non-hydrogen) atoms. The average molecular weight is 320 g/mol. The fourth-order valence-corrected chi connectivity index (χ4v) is 2.66. The molecule has 118 valence electrons. The second-order valence-electron chi connectivity index (χ2n) is 5.47. The topological polar surface area (TPSA) is 39.4 Å². The Labute approximate surface area is 137 Å². The maximum absolute atomic E-state index is 12.9. The summed E-state index contributed by atoms with van der Waals surface area (Å²) in [4.78, 5) is 12.1. The summed E-state index contributed by atoms with van der Waals surface area (Å²) in [5.74, 6) is 0.0152. The molecule has 0 saturated heterocycles. The van der Waals surface area contributed by atoms with E-state index in [1.807, 2.05) is 36.4 Å². The molecule has 0 amide bonds. The number of hydrogen-bond donors (Lipinski definition) is 0. The van der Waals surface area contributed by atoms with Crippen molar-refractivity contribution >= 4 is 27.7 Å². The summed E-state index contributed by atoms with van der Waals surface area (Å²) < 4.78 is 24.2. The lowest BCUT2D eigenvalue weighted by molar-refractivity contribution is 0.0921. The molecular weight excluding hydrogens is 307 g/mol. The zero-order valence-corrected chi connectivity index (χ0v) is 12.7. The predicted octanol–water partition coefficient (Wildman–Crippen LogP) is 4.99. The predicted molar refractivity (Wildman–Crippen MR) is 89.9 cm³/mol. The molecule has 0 saturated carbocycles. The molecule has 0 fully saturated rings. The molecule has 0 spiro atoms. The van der Waals surface area contributed by atoms with E-state index in [1.165, 1.54) is 24.3 Å². The van der Waals surface area contributed by atoms with E-state index in [9.17, 15) is 9.18 Å². The zero-order chi connectivity index (χ0) is 16.5. The van der Waals surface area contributed by atoms with Crippen LogP contribution in [0.15, 0.2) is 71.1 Å². The highest BCUT2D eigenvalue weighted by Crippen LogP contribution is 2.31. The molecular formula is C20H13FO3. The molecule has 3 aromatic carbocycles. The van der Waals surface area contributed by atoms with Crippen LogP contribution in [0.1, 0.15) is 10.4 Å². The van der Waals surface area contributed by atoms with Gasteiger partial charge in [-0.15, -0.1) is 0 Å². The van der Waals surface area contributed by atoms with Crippen LogP contribution in [0.2, 0.25) is 0 Å². The van der Waals surface area contributed by atoms with E-state index in [2.05, 4.69) is 0 Å².